The van der Waals surface area contributed by atoms with Crippen LogP contribution in [0, 0.1) is 11.3 Å². The molecule has 0 aliphatic rings. The molecule has 0 aromatic heterocycles. The van der Waals surface area contributed by atoms with Gasteiger partial charge in [-0.15, -0.1) is 0 Å². The van der Waals surface area contributed by atoms with Gasteiger partial charge in [0.25, 0.3) is 0 Å². The van der Waals surface area contributed by atoms with Crippen LogP contribution < -0.4 is 0 Å². The van der Waals surface area contributed by atoms with Gasteiger partial charge in [0.2, 0.25) is 2.14 Å². The maximum absolute atomic E-state index is 8.01. The van der Waals surface area contributed by atoms with Crippen molar-refractivity contribution in [3.05, 3.63) is 0 Å². The quantitative estimate of drug-likeness (QED) is 0.624. The molecular formula is C2Br3N. The molecule has 34 valence electrons. The summed E-state index contributed by atoms with van der Waals surface area (Å²) in [6, 6.07) is 1.85. The first-order valence-electron chi connectivity index (χ1n) is 1.04. The highest BCUT2D eigenvalue weighted by Crippen LogP contribution is 2.31. The van der Waals surface area contributed by atoms with Crippen LogP contribution in [0.25, 0.3) is 0 Å². The average molecular weight is 278 g/mol. The van der Waals surface area contributed by atoms with Crippen molar-refractivity contribution < 1.29 is 0 Å². The van der Waals surface area contributed by atoms with E-state index in [4.69, 9.17) is 5.26 Å². The minimum absolute atomic E-state index is 0.715. The number of halogens is 3. The Bertz CT molecular complexity index is 75.8. The van der Waals surface area contributed by atoms with Crippen LogP contribution in [0.2, 0.25) is 0 Å². The lowest BCUT2D eigenvalue weighted by molar-refractivity contribution is 1.46. The minimum atomic E-state index is -0.715. The lowest BCUT2D eigenvalue weighted by Crippen LogP contribution is -1.89. The van der Waals surface area contributed by atoms with Crippen LogP contribution in [0.4, 0.5) is 0 Å². The third-order valence-electron chi connectivity index (χ3n) is 0.127. The lowest BCUT2D eigenvalue weighted by atomic mass is 10.9. The summed E-state index contributed by atoms with van der Waals surface area (Å²) in [6.45, 7) is 0. The van der Waals surface area contributed by atoms with Crippen LogP contribution in [0.3, 0.4) is 0 Å². The highest BCUT2D eigenvalue weighted by molar-refractivity contribution is 9.39. The molecular weight excluding hydrogens is 278 g/mol. The highest BCUT2D eigenvalue weighted by Gasteiger charge is 2.13. The zero-order valence-corrected chi connectivity index (χ0v) is 7.34. The van der Waals surface area contributed by atoms with Gasteiger partial charge in [0.15, 0.2) is 0 Å². The smallest absolute Gasteiger partial charge is 0.195 e. The van der Waals surface area contributed by atoms with E-state index in [1.54, 1.807) is 0 Å². The molecule has 0 unspecified atom stereocenters. The van der Waals surface area contributed by atoms with Gasteiger partial charge >= 0.3 is 0 Å². The lowest BCUT2D eigenvalue weighted by Gasteiger charge is -1.92. The first-order valence-corrected chi connectivity index (χ1v) is 3.42. The molecule has 0 amide bonds. The zero-order valence-electron chi connectivity index (χ0n) is 2.58. The number of alkyl halides is 3. The molecule has 0 aromatic carbocycles. The summed E-state index contributed by atoms with van der Waals surface area (Å²) in [5.74, 6) is 0. The Balaban J connectivity index is 3.55. The predicted molar refractivity (Wildman–Crippen MR) is 35.1 cm³/mol. The Labute approximate surface area is 61.1 Å². The second kappa shape index (κ2) is 2.29. The van der Waals surface area contributed by atoms with E-state index >= 15 is 0 Å². The highest BCUT2D eigenvalue weighted by atomic mass is 80.0. The molecule has 0 spiro atoms. The maximum Gasteiger partial charge on any atom is 0.220 e. The van der Waals surface area contributed by atoms with Gasteiger partial charge in [-0.2, -0.15) is 5.26 Å². The van der Waals surface area contributed by atoms with Crippen molar-refractivity contribution in [3.63, 3.8) is 0 Å². The average Bonchev–Trinajstić information content (AvgIpc) is 1.35. The molecule has 4 heteroatoms. The summed E-state index contributed by atoms with van der Waals surface area (Å²) in [5, 5.41) is 8.01. The predicted octanol–water partition coefficient (Wildman–Crippen LogP) is 2.35. The van der Waals surface area contributed by atoms with Crippen LogP contribution in [-0.2, 0) is 0 Å². The van der Waals surface area contributed by atoms with Crippen molar-refractivity contribution in [2.45, 2.75) is 2.14 Å². The topological polar surface area (TPSA) is 23.8 Å². The number of nitriles is 1. The molecule has 0 bridgehead atoms. The second-order valence-electron chi connectivity index (χ2n) is 0.610. The first kappa shape index (κ1) is 6.93. The van der Waals surface area contributed by atoms with Crippen molar-refractivity contribution in [1.82, 2.24) is 0 Å². The first-order chi connectivity index (χ1) is 2.56. The van der Waals surface area contributed by atoms with E-state index in [2.05, 4.69) is 47.8 Å². The molecule has 0 radical (unpaired) electrons. The summed E-state index contributed by atoms with van der Waals surface area (Å²) in [5.41, 5.74) is 0. The van der Waals surface area contributed by atoms with Crippen molar-refractivity contribution >= 4 is 47.8 Å². The fourth-order valence-electron chi connectivity index (χ4n) is 0. The van der Waals surface area contributed by atoms with E-state index in [-0.39, 0.29) is 0 Å². The molecule has 0 rings (SSSR count). The third-order valence-corrected chi connectivity index (χ3v) is 0.659. The molecule has 0 heterocycles. The second-order valence-corrected chi connectivity index (χ2v) is 7.37. The molecule has 6 heavy (non-hydrogen) atoms. The van der Waals surface area contributed by atoms with Gasteiger partial charge in [-0.3, -0.25) is 0 Å². The van der Waals surface area contributed by atoms with Gasteiger partial charge in [-0.25, -0.2) is 0 Å². The van der Waals surface area contributed by atoms with Crippen molar-refractivity contribution in [1.29, 1.82) is 5.26 Å². The van der Waals surface area contributed by atoms with Crippen LogP contribution in [0.1, 0.15) is 0 Å². The van der Waals surface area contributed by atoms with E-state index in [9.17, 15) is 0 Å². The zero-order chi connectivity index (χ0) is 5.21. The maximum atomic E-state index is 8.01. The molecule has 0 aliphatic carbocycles. The standard InChI is InChI=1S/C2Br3N/c3-2(4,5)1-6. The number of hydrogen-bond donors (Lipinski definition) is 0. The molecule has 0 saturated heterocycles. The number of rotatable bonds is 0. The molecule has 0 aromatic rings. The largest absolute Gasteiger partial charge is 0.220 e. The summed E-state index contributed by atoms with van der Waals surface area (Å²) in [6.07, 6.45) is 0. The van der Waals surface area contributed by atoms with Gasteiger partial charge in [0.1, 0.15) is 6.07 Å². The fraction of sp³-hybridized carbons (Fsp3) is 0.500. The Hall–Kier alpha value is 0.930. The van der Waals surface area contributed by atoms with Crippen LogP contribution in [0.5, 0.6) is 0 Å². The van der Waals surface area contributed by atoms with E-state index in [0.717, 1.165) is 0 Å². The molecule has 0 aliphatic heterocycles. The van der Waals surface area contributed by atoms with Gasteiger partial charge in [0, 0.05) is 0 Å². The fourth-order valence-corrected chi connectivity index (χ4v) is 0. The molecule has 0 atom stereocenters. The van der Waals surface area contributed by atoms with Crippen LogP contribution >= 0.6 is 47.8 Å². The van der Waals surface area contributed by atoms with Gasteiger partial charge in [-0.1, -0.05) is 0 Å². The van der Waals surface area contributed by atoms with E-state index in [0.29, 0.717) is 0 Å². The monoisotopic (exact) mass is 275 g/mol. The number of hydrogen-bond acceptors (Lipinski definition) is 1. The third kappa shape index (κ3) is 4.93. The Morgan fingerprint density at radius 1 is 1.33 bits per heavy atom. The number of nitrogens with zero attached hydrogens (tertiary/aromatic N) is 1. The van der Waals surface area contributed by atoms with E-state index in [1.807, 2.05) is 6.07 Å². The van der Waals surface area contributed by atoms with E-state index in [1.165, 1.54) is 0 Å². The molecule has 0 saturated carbocycles. The van der Waals surface area contributed by atoms with Crippen molar-refractivity contribution in [3.8, 4) is 6.07 Å². The minimum Gasteiger partial charge on any atom is -0.195 e. The molecule has 1 nitrogen and oxygen atoms in total. The van der Waals surface area contributed by atoms with Crippen molar-refractivity contribution in [2.24, 2.45) is 0 Å². The SMILES string of the molecule is N#CC(Br)(Br)Br. The molecule has 0 N–H and O–H groups in total. The summed E-state index contributed by atoms with van der Waals surface area (Å²) in [4.78, 5) is 0. The van der Waals surface area contributed by atoms with E-state index < -0.39 is 2.14 Å². The van der Waals surface area contributed by atoms with Crippen LogP contribution in [-0.4, -0.2) is 2.14 Å². The van der Waals surface area contributed by atoms with Crippen molar-refractivity contribution in [2.75, 3.05) is 0 Å². The Kier molecular flexibility index (Phi) is 2.65. The Morgan fingerprint density at radius 3 is 1.50 bits per heavy atom. The normalized spacial score (nSPS) is 10.3. The van der Waals surface area contributed by atoms with Gasteiger partial charge in [0.05, 0.1) is 0 Å². The Morgan fingerprint density at radius 2 is 1.50 bits per heavy atom. The molecule has 0 fully saturated rings. The summed E-state index contributed by atoms with van der Waals surface area (Å²) < 4.78 is -0.715. The van der Waals surface area contributed by atoms with Gasteiger partial charge in [-0.05, 0) is 47.8 Å². The summed E-state index contributed by atoms with van der Waals surface area (Å²) in [7, 11) is 0. The van der Waals surface area contributed by atoms with Crippen LogP contribution in [0.15, 0.2) is 0 Å². The summed E-state index contributed by atoms with van der Waals surface area (Å²) >= 11 is 8.85. The van der Waals surface area contributed by atoms with Gasteiger partial charge < -0.3 is 0 Å².